The van der Waals surface area contributed by atoms with Gasteiger partial charge in [0.15, 0.2) is 0 Å². The van der Waals surface area contributed by atoms with Crippen LogP contribution in [0.3, 0.4) is 0 Å². The van der Waals surface area contributed by atoms with Crippen molar-refractivity contribution < 1.29 is 18.8 Å². The van der Waals surface area contributed by atoms with E-state index in [-0.39, 0.29) is 5.97 Å². The Morgan fingerprint density at radius 1 is 1.16 bits per heavy atom. The van der Waals surface area contributed by atoms with E-state index in [0.29, 0.717) is 31.2 Å². The zero-order valence-corrected chi connectivity index (χ0v) is 18.1. The van der Waals surface area contributed by atoms with Crippen LogP contribution in [0.25, 0.3) is 33.7 Å². The first-order valence-electron chi connectivity index (χ1n) is 10.3. The second kappa shape index (κ2) is 8.63. The van der Waals surface area contributed by atoms with Crippen LogP contribution in [-0.4, -0.2) is 34.8 Å². The Labute approximate surface area is 180 Å². The number of aromatic amines is 1. The highest BCUT2D eigenvalue weighted by Gasteiger charge is 2.16. The van der Waals surface area contributed by atoms with E-state index in [2.05, 4.69) is 21.2 Å². The molecule has 0 amide bonds. The molecule has 1 N–H and O–H groups in total. The van der Waals surface area contributed by atoms with Crippen molar-refractivity contribution in [2.45, 2.75) is 33.6 Å². The fourth-order valence-electron chi connectivity index (χ4n) is 3.70. The Morgan fingerprint density at radius 3 is 2.74 bits per heavy atom. The zero-order chi connectivity index (χ0) is 22.0. The first-order valence-corrected chi connectivity index (χ1v) is 10.3. The number of aromatic nitrogens is 3. The third-order valence-corrected chi connectivity index (χ3v) is 5.17. The number of fused-ring (bicyclic) bond motifs is 1. The Morgan fingerprint density at radius 2 is 2.00 bits per heavy atom. The largest absolute Gasteiger partial charge is 0.495 e. The minimum Gasteiger partial charge on any atom is -0.495 e. The summed E-state index contributed by atoms with van der Waals surface area (Å²) >= 11 is 0. The predicted octanol–water partition coefficient (Wildman–Crippen LogP) is 5.01. The quantitative estimate of drug-likeness (QED) is 0.424. The third kappa shape index (κ3) is 4.30. The molecule has 0 fully saturated rings. The number of hydrogen-bond donors (Lipinski definition) is 1. The fraction of sp³-hybridized carbons (Fsp3) is 0.292. The van der Waals surface area contributed by atoms with Crippen LogP contribution in [0.15, 0.2) is 40.9 Å². The average Bonchev–Trinajstić information content (AvgIpc) is 3.38. The first kappa shape index (κ1) is 20.7. The number of carbonyl (C=O) groups is 1. The summed E-state index contributed by atoms with van der Waals surface area (Å²) in [6, 6.07) is 11.9. The highest BCUT2D eigenvalue weighted by atomic mass is 16.5. The lowest BCUT2D eigenvalue weighted by atomic mass is 10.0. The van der Waals surface area contributed by atoms with Crippen LogP contribution in [0.5, 0.6) is 5.75 Å². The van der Waals surface area contributed by atoms with Crippen LogP contribution in [0.2, 0.25) is 0 Å². The minimum atomic E-state index is -0.183. The SMILES string of the molecule is CCOC(=O)CCc1ccc(-c2noc(-c3cc(OC)c4[nH]c(C)cc4c3)n2)c(C)c1. The number of rotatable bonds is 7. The summed E-state index contributed by atoms with van der Waals surface area (Å²) in [5, 5.41) is 5.21. The fourth-order valence-corrected chi connectivity index (χ4v) is 3.70. The highest BCUT2D eigenvalue weighted by molar-refractivity contribution is 5.90. The molecule has 0 saturated carbocycles. The van der Waals surface area contributed by atoms with Crippen molar-refractivity contribution in [1.29, 1.82) is 0 Å². The second-order valence-electron chi connectivity index (χ2n) is 7.47. The van der Waals surface area contributed by atoms with Gasteiger partial charge in [0, 0.05) is 28.6 Å². The van der Waals surface area contributed by atoms with Gasteiger partial charge in [0.1, 0.15) is 5.75 Å². The summed E-state index contributed by atoms with van der Waals surface area (Å²) in [5.41, 5.74) is 5.76. The van der Waals surface area contributed by atoms with E-state index in [1.165, 1.54) is 0 Å². The van der Waals surface area contributed by atoms with E-state index >= 15 is 0 Å². The van der Waals surface area contributed by atoms with Gasteiger partial charge in [-0.3, -0.25) is 4.79 Å². The van der Waals surface area contributed by atoms with Crippen molar-refractivity contribution in [2.75, 3.05) is 13.7 Å². The number of ether oxygens (including phenoxy) is 2. The second-order valence-corrected chi connectivity index (χ2v) is 7.47. The monoisotopic (exact) mass is 419 g/mol. The Hall–Kier alpha value is -3.61. The first-order chi connectivity index (χ1) is 15.0. The van der Waals surface area contributed by atoms with Crippen LogP contribution in [-0.2, 0) is 16.0 Å². The van der Waals surface area contributed by atoms with Crippen molar-refractivity contribution in [3.8, 4) is 28.6 Å². The smallest absolute Gasteiger partial charge is 0.306 e. The molecule has 7 heteroatoms. The van der Waals surface area contributed by atoms with E-state index in [4.69, 9.17) is 14.0 Å². The Kier molecular flexibility index (Phi) is 5.75. The molecule has 31 heavy (non-hydrogen) atoms. The maximum atomic E-state index is 11.6. The molecule has 2 heterocycles. The maximum Gasteiger partial charge on any atom is 0.306 e. The molecular formula is C24H25N3O4. The Balaban J connectivity index is 1.59. The number of aryl methyl sites for hydroxylation is 3. The molecule has 0 unspecified atom stereocenters. The van der Waals surface area contributed by atoms with Gasteiger partial charge in [-0.2, -0.15) is 4.98 Å². The number of benzene rings is 2. The molecule has 2 aromatic carbocycles. The molecule has 0 aliphatic heterocycles. The lowest BCUT2D eigenvalue weighted by Crippen LogP contribution is -2.05. The molecule has 0 aliphatic rings. The maximum absolute atomic E-state index is 11.6. The molecular weight excluding hydrogens is 394 g/mol. The molecule has 0 spiro atoms. The van der Waals surface area contributed by atoms with Crippen molar-refractivity contribution in [3.63, 3.8) is 0 Å². The van der Waals surface area contributed by atoms with Gasteiger partial charge in [0.25, 0.3) is 5.89 Å². The van der Waals surface area contributed by atoms with Crippen LogP contribution < -0.4 is 4.74 Å². The summed E-state index contributed by atoms with van der Waals surface area (Å²) in [6.45, 7) is 6.21. The standard InChI is InChI=1S/C24H25N3O4/c1-5-30-21(28)9-7-16-6-8-19(14(2)10-16)23-26-24(31-27-23)18-12-17-11-15(3)25-22(17)20(13-18)29-4/h6,8,10-13,25H,5,7,9H2,1-4H3. The van der Waals surface area contributed by atoms with Gasteiger partial charge < -0.3 is 19.0 Å². The summed E-state index contributed by atoms with van der Waals surface area (Å²) in [5.74, 6) is 1.49. The summed E-state index contributed by atoms with van der Waals surface area (Å²) in [7, 11) is 1.64. The molecule has 4 aromatic rings. The normalized spacial score (nSPS) is 11.1. The molecule has 0 radical (unpaired) electrons. The van der Waals surface area contributed by atoms with Crippen molar-refractivity contribution in [2.24, 2.45) is 0 Å². The minimum absolute atomic E-state index is 0.183. The van der Waals surface area contributed by atoms with Gasteiger partial charge in [-0.15, -0.1) is 0 Å². The van der Waals surface area contributed by atoms with Crippen LogP contribution in [0.4, 0.5) is 0 Å². The van der Waals surface area contributed by atoms with Gasteiger partial charge in [0.2, 0.25) is 5.82 Å². The number of carbonyl (C=O) groups excluding carboxylic acids is 1. The number of H-pyrrole nitrogens is 1. The van der Waals surface area contributed by atoms with Crippen molar-refractivity contribution in [1.82, 2.24) is 15.1 Å². The van der Waals surface area contributed by atoms with E-state index in [1.54, 1.807) is 7.11 Å². The van der Waals surface area contributed by atoms with E-state index in [1.807, 2.05) is 51.1 Å². The number of nitrogens with zero attached hydrogens (tertiary/aromatic N) is 2. The molecule has 160 valence electrons. The molecule has 4 rings (SSSR count). The van der Waals surface area contributed by atoms with Crippen LogP contribution in [0, 0.1) is 13.8 Å². The predicted molar refractivity (Wildman–Crippen MR) is 118 cm³/mol. The summed E-state index contributed by atoms with van der Waals surface area (Å²) < 4.78 is 16.1. The molecule has 0 bridgehead atoms. The van der Waals surface area contributed by atoms with Gasteiger partial charge in [-0.05, 0) is 56.5 Å². The lowest BCUT2D eigenvalue weighted by molar-refractivity contribution is -0.143. The molecule has 0 aliphatic carbocycles. The average molecular weight is 419 g/mol. The van der Waals surface area contributed by atoms with Crippen molar-refractivity contribution >= 4 is 16.9 Å². The zero-order valence-electron chi connectivity index (χ0n) is 18.1. The van der Waals surface area contributed by atoms with Gasteiger partial charge in [0.05, 0.1) is 19.2 Å². The van der Waals surface area contributed by atoms with Gasteiger partial charge in [-0.1, -0.05) is 23.4 Å². The van der Waals surface area contributed by atoms with E-state index < -0.39 is 0 Å². The highest BCUT2D eigenvalue weighted by Crippen LogP contribution is 2.33. The number of esters is 1. The van der Waals surface area contributed by atoms with E-state index in [9.17, 15) is 4.79 Å². The molecule has 0 saturated heterocycles. The summed E-state index contributed by atoms with van der Waals surface area (Å²) in [6.07, 6.45) is 0.995. The molecule has 0 atom stereocenters. The third-order valence-electron chi connectivity index (χ3n) is 5.17. The van der Waals surface area contributed by atoms with Gasteiger partial charge in [-0.25, -0.2) is 0 Å². The van der Waals surface area contributed by atoms with Gasteiger partial charge >= 0.3 is 5.97 Å². The van der Waals surface area contributed by atoms with E-state index in [0.717, 1.165) is 44.6 Å². The summed E-state index contributed by atoms with van der Waals surface area (Å²) in [4.78, 5) is 19.5. The molecule has 2 aromatic heterocycles. The number of hydrogen-bond acceptors (Lipinski definition) is 6. The topological polar surface area (TPSA) is 90.2 Å². The van der Waals surface area contributed by atoms with Crippen LogP contribution in [0.1, 0.15) is 30.2 Å². The lowest BCUT2D eigenvalue weighted by Gasteiger charge is -2.06. The number of methoxy groups -OCH3 is 1. The number of nitrogens with one attached hydrogen (secondary N) is 1. The van der Waals surface area contributed by atoms with Crippen LogP contribution >= 0.6 is 0 Å². The van der Waals surface area contributed by atoms with Crippen molar-refractivity contribution in [3.05, 3.63) is 53.2 Å². The Bertz CT molecular complexity index is 1240. The molecule has 7 nitrogen and oxygen atoms in total.